The lowest BCUT2D eigenvalue weighted by atomic mass is 10.1. The van der Waals surface area contributed by atoms with E-state index in [9.17, 15) is 13.2 Å². The highest BCUT2D eigenvalue weighted by Crippen LogP contribution is 2.20. The van der Waals surface area contributed by atoms with Crippen molar-refractivity contribution < 1.29 is 13.2 Å². The number of hydrogen-bond acceptors (Lipinski definition) is 3. The van der Waals surface area contributed by atoms with Crippen molar-refractivity contribution in [3.8, 4) is 0 Å². The number of nitrogens with one attached hydrogen (secondary N) is 2. The average molecular weight is 426 g/mol. The van der Waals surface area contributed by atoms with E-state index in [4.69, 9.17) is 0 Å². The van der Waals surface area contributed by atoms with Gasteiger partial charge in [0.15, 0.2) is 0 Å². The Morgan fingerprint density at radius 1 is 1.12 bits per heavy atom. The molecule has 2 aromatic rings. The zero-order chi connectivity index (χ0) is 18.6. The van der Waals surface area contributed by atoms with Gasteiger partial charge in [-0.05, 0) is 42.8 Å². The van der Waals surface area contributed by atoms with Crippen LogP contribution in [0.15, 0.2) is 57.9 Å². The summed E-state index contributed by atoms with van der Waals surface area (Å²) in [6, 6.07) is 13.2. The van der Waals surface area contributed by atoms with Crippen LogP contribution in [-0.4, -0.2) is 32.8 Å². The van der Waals surface area contributed by atoms with Gasteiger partial charge in [0.05, 0.1) is 10.9 Å². The molecule has 134 valence electrons. The fourth-order valence-electron chi connectivity index (χ4n) is 2.17. The van der Waals surface area contributed by atoms with E-state index >= 15 is 0 Å². The van der Waals surface area contributed by atoms with Gasteiger partial charge < -0.3 is 10.6 Å². The van der Waals surface area contributed by atoms with Crippen LogP contribution >= 0.6 is 15.9 Å². The summed E-state index contributed by atoms with van der Waals surface area (Å²) in [5.74, 6) is 0. The molecule has 6 nitrogen and oxygen atoms in total. The van der Waals surface area contributed by atoms with Crippen molar-refractivity contribution >= 4 is 37.7 Å². The Morgan fingerprint density at radius 2 is 1.80 bits per heavy atom. The molecular weight excluding hydrogens is 406 g/mol. The monoisotopic (exact) mass is 425 g/mol. The van der Waals surface area contributed by atoms with Crippen molar-refractivity contribution in [2.24, 2.45) is 0 Å². The highest BCUT2D eigenvalue weighted by molar-refractivity contribution is 9.10. The second-order valence-electron chi connectivity index (χ2n) is 5.69. The summed E-state index contributed by atoms with van der Waals surface area (Å²) in [6.07, 6.45) is 0. The maximum Gasteiger partial charge on any atom is 0.319 e. The fraction of sp³-hybridized carbons (Fsp3) is 0.235. The van der Waals surface area contributed by atoms with E-state index in [1.165, 1.54) is 26.2 Å². The van der Waals surface area contributed by atoms with Gasteiger partial charge in [-0.3, -0.25) is 0 Å². The highest BCUT2D eigenvalue weighted by atomic mass is 79.9. The van der Waals surface area contributed by atoms with Gasteiger partial charge in [-0.25, -0.2) is 17.5 Å². The van der Waals surface area contributed by atoms with Crippen LogP contribution in [0, 0.1) is 0 Å². The first kappa shape index (κ1) is 19.4. The van der Waals surface area contributed by atoms with Crippen molar-refractivity contribution in [3.63, 3.8) is 0 Å². The number of carbonyl (C=O) groups excluding carboxylic acids is 1. The van der Waals surface area contributed by atoms with Crippen molar-refractivity contribution in [1.29, 1.82) is 0 Å². The molecule has 0 spiro atoms. The van der Waals surface area contributed by atoms with Crippen LogP contribution in [0.1, 0.15) is 18.5 Å². The second-order valence-corrected chi connectivity index (χ2v) is 8.76. The zero-order valence-electron chi connectivity index (χ0n) is 14.2. The summed E-state index contributed by atoms with van der Waals surface area (Å²) in [5.41, 5.74) is 1.36. The average Bonchev–Trinajstić information content (AvgIpc) is 2.54. The summed E-state index contributed by atoms with van der Waals surface area (Å²) < 4.78 is 26.4. The molecule has 0 bridgehead atoms. The van der Waals surface area contributed by atoms with E-state index in [2.05, 4.69) is 26.6 Å². The molecule has 0 saturated heterocycles. The molecule has 2 aromatic carbocycles. The van der Waals surface area contributed by atoms with Gasteiger partial charge in [-0.15, -0.1) is 0 Å². The third kappa shape index (κ3) is 5.04. The van der Waals surface area contributed by atoms with Crippen LogP contribution in [-0.2, 0) is 10.0 Å². The number of sulfonamides is 1. The van der Waals surface area contributed by atoms with E-state index in [0.717, 1.165) is 14.3 Å². The van der Waals surface area contributed by atoms with Gasteiger partial charge in [-0.1, -0.05) is 34.1 Å². The Balaban J connectivity index is 2.08. The van der Waals surface area contributed by atoms with Gasteiger partial charge in [0.2, 0.25) is 10.0 Å². The van der Waals surface area contributed by atoms with Crippen LogP contribution in [0.25, 0.3) is 0 Å². The van der Waals surface area contributed by atoms with Gasteiger partial charge in [-0.2, -0.15) is 0 Å². The lowest BCUT2D eigenvalue weighted by Gasteiger charge is -2.16. The third-order valence-electron chi connectivity index (χ3n) is 3.57. The molecule has 0 radical (unpaired) electrons. The molecule has 0 aliphatic rings. The Bertz CT molecular complexity index is 869. The second kappa shape index (κ2) is 7.99. The first-order valence-electron chi connectivity index (χ1n) is 7.56. The molecule has 2 amide bonds. The number of benzene rings is 2. The highest BCUT2D eigenvalue weighted by Gasteiger charge is 2.18. The first-order chi connectivity index (χ1) is 11.7. The maximum absolute atomic E-state index is 12.2. The van der Waals surface area contributed by atoms with E-state index in [1.54, 1.807) is 12.1 Å². The predicted molar refractivity (Wildman–Crippen MR) is 102 cm³/mol. The maximum atomic E-state index is 12.2. The molecule has 0 heterocycles. The predicted octanol–water partition coefficient (Wildman–Crippen LogP) is 3.58. The number of amides is 2. The number of hydrogen-bond donors (Lipinski definition) is 2. The number of urea groups is 1. The molecular formula is C17H20BrN3O3S. The summed E-state index contributed by atoms with van der Waals surface area (Å²) in [4.78, 5) is 12.3. The summed E-state index contributed by atoms with van der Waals surface area (Å²) >= 11 is 3.40. The SMILES string of the molecule is CC(NC(=O)Nc1cccc(S(=O)(=O)N(C)C)c1)c1cccc(Br)c1. The van der Waals surface area contributed by atoms with Crippen LogP contribution in [0.4, 0.5) is 10.5 Å². The molecule has 1 atom stereocenters. The molecule has 2 rings (SSSR count). The Labute approximate surface area is 156 Å². The Hall–Kier alpha value is -1.90. The first-order valence-corrected chi connectivity index (χ1v) is 9.79. The number of carbonyl (C=O) groups is 1. The smallest absolute Gasteiger partial charge is 0.319 e. The lowest BCUT2D eigenvalue weighted by Crippen LogP contribution is -2.31. The number of rotatable bonds is 5. The molecule has 0 fully saturated rings. The van der Waals surface area contributed by atoms with Crippen LogP contribution in [0.2, 0.25) is 0 Å². The van der Waals surface area contributed by atoms with E-state index < -0.39 is 16.1 Å². The van der Waals surface area contributed by atoms with Crippen molar-refractivity contribution in [2.45, 2.75) is 17.9 Å². The molecule has 8 heteroatoms. The largest absolute Gasteiger partial charge is 0.331 e. The van der Waals surface area contributed by atoms with Gasteiger partial charge in [0.1, 0.15) is 0 Å². The van der Waals surface area contributed by atoms with Gasteiger partial charge in [0, 0.05) is 24.3 Å². The molecule has 0 saturated carbocycles. The number of nitrogens with zero attached hydrogens (tertiary/aromatic N) is 1. The molecule has 1 unspecified atom stereocenters. The van der Waals surface area contributed by atoms with Gasteiger partial charge in [0.25, 0.3) is 0 Å². The van der Waals surface area contributed by atoms with E-state index in [0.29, 0.717) is 5.69 Å². The minimum Gasteiger partial charge on any atom is -0.331 e. The Kier molecular flexibility index (Phi) is 6.21. The molecule has 25 heavy (non-hydrogen) atoms. The van der Waals surface area contributed by atoms with Crippen LogP contribution in [0.3, 0.4) is 0 Å². The van der Waals surface area contributed by atoms with E-state index in [-0.39, 0.29) is 10.9 Å². The van der Waals surface area contributed by atoms with Crippen molar-refractivity contribution in [3.05, 3.63) is 58.6 Å². The number of anilines is 1. The van der Waals surface area contributed by atoms with Crippen LogP contribution in [0.5, 0.6) is 0 Å². The van der Waals surface area contributed by atoms with Crippen molar-refractivity contribution in [1.82, 2.24) is 9.62 Å². The molecule has 0 aliphatic carbocycles. The number of halogens is 1. The minimum atomic E-state index is -3.55. The third-order valence-corrected chi connectivity index (χ3v) is 5.87. The topological polar surface area (TPSA) is 78.5 Å². The summed E-state index contributed by atoms with van der Waals surface area (Å²) in [5, 5.41) is 5.49. The lowest BCUT2D eigenvalue weighted by molar-refractivity contribution is 0.249. The standard InChI is InChI=1S/C17H20BrN3O3S/c1-12(13-6-4-7-14(18)10-13)19-17(22)20-15-8-5-9-16(11-15)25(23,24)21(2)3/h4-12H,1-3H3,(H2,19,20,22). The molecule has 0 aliphatic heterocycles. The normalized spacial score (nSPS) is 12.7. The molecule has 2 N–H and O–H groups in total. The van der Waals surface area contributed by atoms with E-state index in [1.807, 2.05) is 31.2 Å². The van der Waals surface area contributed by atoms with Gasteiger partial charge >= 0.3 is 6.03 Å². The quantitative estimate of drug-likeness (QED) is 0.767. The Morgan fingerprint density at radius 3 is 2.44 bits per heavy atom. The summed E-state index contributed by atoms with van der Waals surface area (Å²) in [7, 11) is -0.629. The molecule has 0 aromatic heterocycles. The summed E-state index contributed by atoms with van der Waals surface area (Å²) in [6.45, 7) is 1.87. The minimum absolute atomic E-state index is 0.121. The van der Waals surface area contributed by atoms with Crippen LogP contribution < -0.4 is 10.6 Å². The fourth-order valence-corrected chi connectivity index (χ4v) is 3.53. The van der Waals surface area contributed by atoms with Crippen molar-refractivity contribution in [2.75, 3.05) is 19.4 Å². The zero-order valence-corrected chi connectivity index (χ0v) is 16.6.